The summed E-state index contributed by atoms with van der Waals surface area (Å²) in [7, 11) is 0. The van der Waals surface area contributed by atoms with Gasteiger partial charge in [-0.1, -0.05) is 61.3 Å². The van der Waals surface area contributed by atoms with Gasteiger partial charge in [-0.25, -0.2) is 4.85 Å². The molecule has 0 aliphatic heterocycles. The molecule has 0 radical (unpaired) electrons. The lowest BCUT2D eigenvalue weighted by Crippen LogP contribution is -2.15. The van der Waals surface area contributed by atoms with Crippen LogP contribution in [0.25, 0.3) is 4.85 Å². The molecule has 2 aromatic rings. The molecule has 0 aromatic heterocycles. The van der Waals surface area contributed by atoms with Crippen molar-refractivity contribution in [2.75, 3.05) is 0 Å². The Morgan fingerprint density at radius 1 is 1.18 bits per heavy atom. The number of aliphatic hydroxyl groups is 1. The van der Waals surface area contributed by atoms with E-state index >= 15 is 0 Å². The van der Waals surface area contributed by atoms with Gasteiger partial charge in [0.25, 0.3) is 0 Å². The number of halogens is 1. The smallest absolute Gasteiger partial charge is 0.187 e. The van der Waals surface area contributed by atoms with Crippen LogP contribution in [0.2, 0.25) is 5.02 Å². The zero-order chi connectivity index (χ0) is 15.9. The van der Waals surface area contributed by atoms with Gasteiger partial charge in [0.15, 0.2) is 5.69 Å². The molecule has 0 saturated carbocycles. The van der Waals surface area contributed by atoms with Crippen molar-refractivity contribution in [2.24, 2.45) is 5.92 Å². The Morgan fingerprint density at radius 3 is 2.55 bits per heavy atom. The van der Waals surface area contributed by atoms with Crippen LogP contribution < -0.4 is 0 Å². The van der Waals surface area contributed by atoms with Gasteiger partial charge in [-0.05, 0) is 42.0 Å². The van der Waals surface area contributed by atoms with Crippen LogP contribution in [0, 0.1) is 12.5 Å². The largest absolute Gasteiger partial charge is 0.388 e. The summed E-state index contributed by atoms with van der Waals surface area (Å²) in [6.45, 7) is 9.22. The molecule has 0 aliphatic rings. The fraction of sp³-hybridized carbons (Fsp3) is 0.316. The summed E-state index contributed by atoms with van der Waals surface area (Å²) in [5.74, 6) is 0.132. The molecule has 0 bridgehead atoms. The van der Waals surface area contributed by atoms with E-state index in [0.29, 0.717) is 5.69 Å². The van der Waals surface area contributed by atoms with Crippen LogP contribution in [0.5, 0.6) is 0 Å². The van der Waals surface area contributed by atoms with E-state index < -0.39 is 6.10 Å². The molecule has 0 heterocycles. The first-order chi connectivity index (χ1) is 10.6. The first-order valence-corrected chi connectivity index (χ1v) is 7.91. The van der Waals surface area contributed by atoms with Crippen molar-refractivity contribution >= 4 is 17.3 Å². The van der Waals surface area contributed by atoms with E-state index in [0.717, 1.165) is 29.8 Å². The Labute approximate surface area is 137 Å². The number of hydrogen-bond donors (Lipinski definition) is 1. The fourth-order valence-corrected chi connectivity index (χ4v) is 2.84. The van der Waals surface area contributed by atoms with E-state index in [9.17, 15) is 5.11 Å². The molecule has 0 amide bonds. The number of rotatable bonds is 6. The maximum atomic E-state index is 10.7. The van der Waals surface area contributed by atoms with Crippen molar-refractivity contribution in [2.45, 2.75) is 32.3 Å². The lowest BCUT2D eigenvalue weighted by atomic mass is 9.86. The van der Waals surface area contributed by atoms with Gasteiger partial charge in [-0.3, -0.25) is 0 Å². The summed E-state index contributed by atoms with van der Waals surface area (Å²) < 4.78 is 0. The van der Waals surface area contributed by atoms with Crippen LogP contribution >= 0.6 is 11.6 Å². The molecule has 2 unspecified atom stereocenters. The fourth-order valence-electron chi connectivity index (χ4n) is 2.72. The highest BCUT2D eigenvalue weighted by Crippen LogP contribution is 2.31. The predicted molar refractivity (Wildman–Crippen MR) is 91.2 cm³/mol. The van der Waals surface area contributed by atoms with E-state index in [1.165, 1.54) is 5.56 Å². The van der Waals surface area contributed by atoms with Crippen molar-refractivity contribution < 1.29 is 5.11 Å². The predicted octanol–water partition coefficient (Wildman–Crippen LogP) is 5.58. The van der Waals surface area contributed by atoms with Gasteiger partial charge < -0.3 is 5.11 Å². The summed E-state index contributed by atoms with van der Waals surface area (Å²) >= 11 is 5.92. The number of aliphatic hydroxyl groups excluding tert-OH is 1. The lowest BCUT2D eigenvalue weighted by Gasteiger charge is -2.23. The quantitative estimate of drug-likeness (QED) is 0.691. The van der Waals surface area contributed by atoms with Crippen LogP contribution in [0.15, 0.2) is 48.5 Å². The van der Waals surface area contributed by atoms with Crippen LogP contribution in [0.3, 0.4) is 0 Å². The van der Waals surface area contributed by atoms with Crippen LogP contribution in [0.4, 0.5) is 5.69 Å². The second kappa shape index (κ2) is 7.98. The second-order valence-electron chi connectivity index (χ2n) is 5.53. The minimum absolute atomic E-state index is 0.132. The van der Waals surface area contributed by atoms with Crippen molar-refractivity contribution in [1.82, 2.24) is 0 Å². The summed E-state index contributed by atoms with van der Waals surface area (Å²) in [5, 5.41) is 11.4. The molecule has 22 heavy (non-hydrogen) atoms. The highest BCUT2D eigenvalue weighted by molar-refractivity contribution is 6.30. The molecule has 2 atom stereocenters. The van der Waals surface area contributed by atoms with Crippen LogP contribution in [-0.2, 0) is 6.42 Å². The first-order valence-electron chi connectivity index (χ1n) is 7.54. The summed E-state index contributed by atoms with van der Waals surface area (Å²) in [5.41, 5.74) is 2.56. The van der Waals surface area contributed by atoms with Gasteiger partial charge in [0.05, 0.1) is 12.7 Å². The summed E-state index contributed by atoms with van der Waals surface area (Å²) in [6, 6.07) is 15.0. The van der Waals surface area contributed by atoms with E-state index in [4.69, 9.17) is 18.2 Å². The Hall–Kier alpha value is -1.82. The maximum absolute atomic E-state index is 10.7. The van der Waals surface area contributed by atoms with Crippen LogP contribution in [-0.4, -0.2) is 5.11 Å². The monoisotopic (exact) mass is 313 g/mol. The Bertz CT molecular complexity index is 645. The summed E-state index contributed by atoms with van der Waals surface area (Å²) in [4.78, 5) is 3.44. The third-order valence-electron chi connectivity index (χ3n) is 3.86. The average Bonchev–Trinajstić information content (AvgIpc) is 2.56. The lowest BCUT2D eigenvalue weighted by molar-refractivity contribution is 0.102. The molecule has 2 nitrogen and oxygen atoms in total. The van der Waals surface area contributed by atoms with E-state index in [1.807, 2.05) is 36.4 Å². The average molecular weight is 314 g/mol. The van der Waals surface area contributed by atoms with Crippen molar-refractivity contribution in [3.05, 3.63) is 76.1 Å². The molecule has 1 N–H and O–H groups in total. The minimum Gasteiger partial charge on any atom is -0.388 e. The normalized spacial score (nSPS) is 13.4. The molecule has 2 aromatic carbocycles. The Morgan fingerprint density at radius 2 is 1.91 bits per heavy atom. The number of hydrogen-bond acceptors (Lipinski definition) is 1. The Kier molecular flexibility index (Phi) is 6.00. The first kappa shape index (κ1) is 16.5. The van der Waals surface area contributed by atoms with Gasteiger partial charge in [0.2, 0.25) is 0 Å². The number of nitrogens with zero attached hydrogens (tertiary/aromatic N) is 1. The molecule has 0 spiro atoms. The third-order valence-corrected chi connectivity index (χ3v) is 4.11. The van der Waals surface area contributed by atoms with Gasteiger partial charge in [-0.2, -0.15) is 0 Å². The molecule has 0 saturated heterocycles. The van der Waals surface area contributed by atoms with Crippen molar-refractivity contribution in [3.63, 3.8) is 0 Å². The van der Waals surface area contributed by atoms with Crippen molar-refractivity contribution in [1.29, 1.82) is 0 Å². The summed E-state index contributed by atoms with van der Waals surface area (Å²) in [6.07, 6.45) is 2.19. The van der Waals surface area contributed by atoms with Gasteiger partial charge in [-0.15, -0.1) is 0 Å². The van der Waals surface area contributed by atoms with Crippen LogP contribution in [0.1, 0.15) is 37.0 Å². The van der Waals surface area contributed by atoms with Gasteiger partial charge in [0, 0.05) is 5.02 Å². The van der Waals surface area contributed by atoms with E-state index in [-0.39, 0.29) is 5.92 Å². The maximum Gasteiger partial charge on any atom is 0.187 e. The standard InChI is InChI=1S/C19H20ClNO/c1-3-5-15(12-14-8-10-17(20)11-9-14)19(22)16-6-4-7-18(13-16)21-2/h4,6-11,13,15,19,22H,3,5,12H2,1H3. The Balaban J connectivity index is 2.18. The molecule has 114 valence electrons. The molecular formula is C19H20ClNO. The van der Waals surface area contributed by atoms with Crippen molar-refractivity contribution in [3.8, 4) is 0 Å². The van der Waals surface area contributed by atoms with E-state index in [1.54, 1.807) is 12.1 Å². The molecule has 3 heteroatoms. The molecule has 0 fully saturated rings. The minimum atomic E-state index is -0.558. The molecule has 0 aliphatic carbocycles. The SMILES string of the molecule is [C-]#[N+]c1cccc(C(O)C(CCC)Cc2ccc(Cl)cc2)c1. The highest BCUT2D eigenvalue weighted by Gasteiger charge is 2.20. The van der Waals surface area contributed by atoms with Gasteiger partial charge >= 0.3 is 0 Å². The van der Waals surface area contributed by atoms with E-state index in [2.05, 4.69) is 11.8 Å². The second-order valence-corrected chi connectivity index (χ2v) is 5.97. The molecular weight excluding hydrogens is 294 g/mol. The zero-order valence-electron chi connectivity index (χ0n) is 12.7. The highest BCUT2D eigenvalue weighted by atomic mass is 35.5. The zero-order valence-corrected chi connectivity index (χ0v) is 13.4. The number of benzene rings is 2. The topological polar surface area (TPSA) is 24.6 Å². The third kappa shape index (κ3) is 4.34. The molecule has 2 rings (SSSR count). The van der Waals surface area contributed by atoms with Gasteiger partial charge in [0.1, 0.15) is 0 Å².